The minimum absolute atomic E-state index is 0.177. The van der Waals surface area contributed by atoms with E-state index >= 15 is 0 Å². The molecule has 1 aliphatic heterocycles. The predicted octanol–water partition coefficient (Wildman–Crippen LogP) is 4.24. The Morgan fingerprint density at radius 1 is 1.09 bits per heavy atom. The summed E-state index contributed by atoms with van der Waals surface area (Å²) in [7, 11) is 0. The molecule has 0 aliphatic carbocycles. The highest BCUT2D eigenvalue weighted by Crippen LogP contribution is 2.33. The van der Waals surface area contributed by atoms with E-state index in [1.807, 2.05) is 36.4 Å². The van der Waals surface area contributed by atoms with Crippen molar-refractivity contribution in [2.24, 2.45) is 0 Å². The van der Waals surface area contributed by atoms with Crippen molar-refractivity contribution < 1.29 is 4.92 Å². The summed E-state index contributed by atoms with van der Waals surface area (Å²) in [5.41, 5.74) is 2.03. The van der Waals surface area contributed by atoms with Gasteiger partial charge in [0.05, 0.1) is 22.5 Å². The average molecular weight is 351 g/mol. The van der Waals surface area contributed by atoms with Gasteiger partial charge in [-0.3, -0.25) is 15.0 Å². The van der Waals surface area contributed by atoms with Crippen LogP contribution in [0.5, 0.6) is 0 Å². The van der Waals surface area contributed by atoms with Crippen LogP contribution in [0.2, 0.25) is 10.0 Å². The number of nitro groups is 1. The Hall–Kier alpha value is -1.62. The molecular formula is C17H16Cl2N2O2. The highest BCUT2D eigenvalue weighted by Gasteiger charge is 2.41. The van der Waals surface area contributed by atoms with Crippen molar-refractivity contribution in [3.05, 3.63) is 79.8 Å². The van der Waals surface area contributed by atoms with Crippen LogP contribution in [0, 0.1) is 10.1 Å². The van der Waals surface area contributed by atoms with Gasteiger partial charge in [0, 0.05) is 18.0 Å². The first kappa shape index (κ1) is 16.2. The van der Waals surface area contributed by atoms with E-state index in [4.69, 9.17) is 23.2 Å². The van der Waals surface area contributed by atoms with Crippen LogP contribution >= 0.6 is 23.2 Å². The maximum absolute atomic E-state index is 11.5. The molecule has 0 saturated carbocycles. The van der Waals surface area contributed by atoms with Crippen molar-refractivity contribution in [1.29, 1.82) is 0 Å². The van der Waals surface area contributed by atoms with Gasteiger partial charge in [-0.25, -0.2) is 0 Å². The van der Waals surface area contributed by atoms with E-state index in [0.29, 0.717) is 29.7 Å². The maximum atomic E-state index is 11.5. The Bertz CT molecular complexity index is 709. The zero-order valence-corrected chi connectivity index (χ0v) is 13.9. The van der Waals surface area contributed by atoms with Gasteiger partial charge in [-0.15, -0.1) is 0 Å². The summed E-state index contributed by atoms with van der Waals surface area (Å²) in [5.74, 6) is -0.177. The third-order valence-corrected chi connectivity index (χ3v) is 5.00. The smallest absolute Gasteiger partial charge is 0.233 e. The summed E-state index contributed by atoms with van der Waals surface area (Å²) >= 11 is 12.0. The van der Waals surface area contributed by atoms with Gasteiger partial charge in [-0.1, -0.05) is 59.6 Å². The standard InChI is InChI=1S/C17H16Cl2N2O2/c18-15-7-6-13(8-16(15)19)14-10-20(11-17(14)21(22)23)9-12-4-2-1-3-5-12/h1-8,14,17H,9-11H2/t14-,17-/m1/s1. The van der Waals surface area contributed by atoms with Crippen LogP contribution < -0.4 is 0 Å². The molecule has 0 aromatic heterocycles. The maximum Gasteiger partial charge on any atom is 0.233 e. The second kappa shape index (κ2) is 6.87. The lowest BCUT2D eigenvalue weighted by molar-refractivity contribution is -0.521. The largest absolute Gasteiger partial charge is 0.292 e. The summed E-state index contributed by atoms with van der Waals surface area (Å²) < 4.78 is 0. The third kappa shape index (κ3) is 3.66. The van der Waals surface area contributed by atoms with Crippen molar-refractivity contribution in [3.63, 3.8) is 0 Å². The number of benzene rings is 2. The summed E-state index contributed by atoms with van der Waals surface area (Å²) in [6, 6.07) is 14.7. The fourth-order valence-corrected chi connectivity index (χ4v) is 3.43. The lowest BCUT2D eigenvalue weighted by Gasteiger charge is -2.15. The fourth-order valence-electron chi connectivity index (χ4n) is 3.12. The Balaban J connectivity index is 1.81. The molecular weight excluding hydrogens is 335 g/mol. The van der Waals surface area contributed by atoms with Gasteiger partial charge in [0.2, 0.25) is 6.04 Å². The average Bonchev–Trinajstić information content (AvgIpc) is 2.95. The van der Waals surface area contributed by atoms with Crippen LogP contribution in [0.25, 0.3) is 0 Å². The van der Waals surface area contributed by atoms with Gasteiger partial charge < -0.3 is 0 Å². The van der Waals surface area contributed by atoms with Crippen molar-refractivity contribution >= 4 is 23.2 Å². The van der Waals surface area contributed by atoms with E-state index in [-0.39, 0.29) is 10.8 Å². The molecule has 1 fully saturated rings. The van der Waals surface area contributed by atoms with Crippen molar-refractivity contribution in [2.75, 3.05) is 13.1 Å². The molecule has 0 bridgehead atoms. The highest BCUT2D eigenvalue weighted by molar-refractivity contribution is 6.42. The minimum atomic E-state index is -0.629. The zero-order valence-electron chi connectivity index (χ0n) is 12.4. The molecule has 0 amide bonds. The molecule has 2 aromatic rings. The van der Waals surface area contributed by atoms with Crippen molar-refractivity contribution in [2.45, 2.75) is 18.5 Å². The summed E-state index contributed by atoms with van der Waals surface area (Å²) in [4.78, 5) is 13.4. The molecule has 0 N–H and O–H groups in total. The summed E-state index contributed by atoms with van der Waals surface area (Å²) in [6.45, 7) is 1.79. The SMILES string of the molecule is O=[N+]([O-])[C@@H]1CN(Cc2ccccc2)C[C@@H]1c1ccc(Cl)c(Cl)c1. The van der Waals surface area contributed by atoms with Crippen molar-refractivity contribution in [3.8, 4) is 0 Å². The second-order valence-corrected chi connectivity index (χ2v) is 6.63. The molecule has 4 nitrogen and oxygen atoms in total. The highest BCUT2D eigenvalue weighted by atomic mass is 35.5. The molecule has 3 rings (SSSR count). The van der Waals surface area contributed by atoms with Gasteiger partial charge in [-0.05, 0) is 23.3 Å². The van der Waals surface area contributed by atoms with E-state index in [1.54, 1.807) is 12.1 Å². The topological polar surface area (TPSA) is 46.4 Å². The minimum Gasteiger partial charge on any atom is -0.292 e. The Labute approximate surface area is 144 Å². The zero-order chi connectivity index (χ0) is 16.4. The van der Waals surface area contributed by atoms with Crippen LogP contribution in [-0.4, -0.2) is 29.0 Å². The molecule has 1 saturated heterocycles. The summed E-state index contributed by atoms with van der Waals surface area (Å²) in [5, 5.41) is 12.4. The van der Waals surface area contributed by atoms with Gasteiger partial charge >= 0.3 is 0 Å². The first-order valence-corrected chi connectivity index (χ1v) is 8.15. The number of hydrogen-bond acceptors (Lipinski definition) is 3. The predicted molar refractivity (Wildman–Crippen MR) is 91.7 cm³/mol. The van der Waals surface area contributed by atoms with Gasteiger partial charge in [0.15, 0.2) is 0 Å². The van der Waals surface area contributed by atoms with Crippen LogP contribution in [0.3, 0.4) is 0 Å². The molecule has 0 unspecified atom stereocenters. The normalized spacial score (nSPS) is 21.5. The van der Waals surface area contributed by atoms with E-state index in [0.717, 1.165) is 11.1 Å². The molecule has 1 aliphatic rings. The fraction of sp³-hybridized carbons (Fsp3) is 0.294. The molecule has 2 atom stereocenters. The number of rotatable bonds is 4. The van der Waals surface area contributed by atoms with Gasteiger partial charge in [0.25, 0.3) is 0 Å². The lowest BCUT2D eigenvalue weighted by atomic mass is 9.95. The van der Waals surface area contributed by atoms with Crippen LogP contribution in [0.15, 0.2) is 48.5 Å². The molecule has 2 aromatic carbocycles. The third-order valence-electron chi connectivity index (χ3n) is 4.26. The molecule has 120 valence electrons. The molecule has 0 spiro atoms. The molecule has 6 heteroatoms. The number of hydrogen-bond donors (Lipinski definition) is 0. The van der Waals surface area contributed by atoms with E-state index in [1.165, 1.54) is 0 Å². The van der Waals surface area contributed by atoms with Crippen molar-refractivity contribution in [1.82, 2.24) is 4.90 Å². The first-order chi connectivity index (χ1) is 11.0. The Morgan fingerprint density at radius 3 is 2.48 bits per heavy atom. The van der Waals surface area contributed by atoms with Gasteiger partial charge in [-0.2, -0.15) is 0 Å². The van der Waals surface area contributed by atoms with E-state index < -0.39 is 6.04 Å². The Morgan fingerprint density at radius 2 is 1.83 bits per heavy atom. The Kier molecular flexibility index (Phi) is 4.85. The quantitative estimate of drug-likeness (QED) is 0.612. The monoisotopic (exact) mass is 350 g/mol. The lowest BCUT2D eigenvalue weighted by Crippen LogP contribution is -2.28. The van der Waals surface area contributed by atoms with E-state index in [2.05, 4.69) is 4.90 Å². The van der Waals surface area contributed by atoms with Crippen LogP contribution in [-0.2, 0) is 6.54 Å². The molecule has 23 heavy (non-hydrogen) atoms. The first-order valence-electron chi connectivity index (χ1n) is 7.39. The number of nitrogens with zero attached hydrogens (tertiary/aromatic N) is 2. The van der Waals surface area contributed by atoms with Crippen LogP contribution in [0.4, 0.5) is 0 Å². The number of likely N-dealkylation sites (tertiary alicyclic amines) is 1. The second-order valence-electron chi connectivity index (χ2n) is 5.81. The van der Waals surface area contributed by atoms with Crippen LogP contribution in [0.1, 0.15) is 17.0 Å². The van der Waals surface area contributed by atoms with Gasteiger partial charge in [0.1, 0.15) is 0 Å². The summed E-state index contributed by atoms with van der Waals surface area (Å²) in [6.07, 6.45) is 0. The molecule has 0 radical (unpaired) electrons. The van der Waals surface area contributed by atoms with E-state index in [9.17, 15) is 10.1 Å². The number of halogens is 2. The molecule has 1 heterocycles.